The lowest BCUT2D eigenvalue weighted by atomic mass is 9.87. The van der Waals surface area contributed by atoms with Gasteiger partial charge >= 0.3 is 0 Å². The smallest absolute Gasteiger partial charge is 0.237 e. The Bertz CT molecular complexity index is 555. The van der Waals surface area contributed by atoms with Crippen molar-refractivity contribution in [1.29, 1.82) is 0 Å². The van der Waals surface area contributed by atoms with Crippen molar-refractivity contribution in [2.24, 2.45) is 17.8 Å². The molecule has 0 spiro atoms. The summed E-state index contributed by atoms with van der Waals surface area (Å²) in [5.74, 6) is 0.886. The van der Waals surface area contributed by atoms with Crippen molar-refractivity contribution in [3.05, 3.63) is 24.3 Å². The van der Waals surface area contributed by atoms with Gasteiger partial charge in [-0.15, -0.1) is 0 Å². The first-order valence-corrected chi connectivity index (χ1v) is 7.26. The number of rotatable bonds is 2. The number of amides is 2. The lowest BCUT2D eigenvalue weighted by Crippen LogP contribution is -2.41. The van der Waals surface area contributed by atoms with E-state index in [1.54, 1.807) is 24.3 Å². The highest BCUT2D eigenvalue weighted by molar-refractivity contribution is 6.15. The second-order valence-corrected chi connectivity index (χ2v) is 6.07. The highest BCUT2D eigenvalue weighted by atomic mass is 16.2. The first-order valence-electron chi connectivity index (χ1n) is 7.26. The summed E-state index contributed by atoms with van der Waals surface area (Å²) < 4.78 is 0. The minimum atomic E-state index is -0.233. The van der Waals surface area contributed by atoms with Crippen LogP contribution in [-0.4, -0.2) is 11.8 Å². The summed E-state index contributed by atoms with van der Waals surface area (Å²) in [6, 6.07) is 6.98. The average Bonchev–Trinajstić information content (AvgIpc) is 3.00. The van der Waals surface area contributed by atoms with E-state index >= 15 is 0 Å². The molecule has 0 aromatic heterocycles. The highest BCUT2D eigenvalue weighted by Gasteiger charge is 2.45. The number of imide groups is 1. The Labute approximate surface area is 118 Å². The normalized spacial score (nSPS) is 27.6. The van der Waals surface area contributed by atoms with Gasteiger partial charge in [-0.3, -0.25) is 14.5 Å². The van der Waals surface area contributed by atoms with Crippen LogP contribution in [0, 0.1) is 17.8 Å². The maximum Gasteiger partial charge on any atom is 0.237 e. The number of hydrogen-bond donors (Lipinski definition) is 1. The number of nitrogen functional groups attached to an aromatic ring is 1. The predicted molar refractivity (Wildman–Crippen MR) is 78.0 cm³/mol. The molecule has 2 N–H and O–H groups in total. The highest BCUT2D eigenvalue weighted by Crippen LogP contribution is 2.49. The Morgan fingerprint density at radius 1 is 1.25 bits per heavy atom. The largest absolute Gasteiger partial charge is 0.399 e. The van der Waals surface area contributed by atoms with E-state index in [-0.39, 0.29) is 17.7 Å². The van der Waals surface area contributed by atoms with Crippen molar-refractivity contribution in [3.63, 3.8) is 0 Å². The van der Waals surface area contributed by atoms with Gasteiger partial charge in [0.2, 0.25) is 11.8 Å². The number of carbonyl (C=O) groups is 2. The summed E-state index contributed by atoms with van der Waals surface area (Å²) in [6.45, 7) is 1.44. The molecule has 3 atom stereocenters. The zero-order valence-electron chi connectivity index (χ0n) is 11.7. The molecular weight excluding hydrogens is 252 g/mol. The van der Waals surface area contributed by atoms with E-state index in [2.05, 4.69) is 0 Å². The summed E-state index contributed by atoms with van der Waals surface area (Å²) in [5.41, 5.74) is 6.91. The van der Waals surface area contributed by atoms with E-state index in [1.165, 1.54) is 18.2 Å². The molecule has 3 rings (SSSR count). The topological polar surface area (TPSA) is 63.4 Å². The number of carbonyl (C=O) groups excluding carboxylic acids is 2. The van der Waals surface area contributed by atoms with Crippen LogP contribution >= 0.6 is 0 Å². The van der Waals surface area contributed by atoms with E-state index < -0.39 is 0 Å². The molecule has 4 heteroatoms. The molecule has 1 aromatic carbocycles. The molecule has 0 radical (unpaired) electrons. The van der Waals surface area contributed by atoms with Crippen LogP contribution in [0.1, 0.15) is 32.6 Å². The van der Waals surface area contributed by atoms with Crippen LogP contribution in [0.2, 0.25) is 0 Å². The van der Waals surface area contributed by atoms with Gasteiger partial charge in [-0.1, -0.05) is 12.5 Å². The maximum absolute atomic E-state index is 12.8. The number of hydrogen-bond acceptors (Lipinski definition) is 3. The fraction of sp³-hybridized carbons (Fsp3) is 0.500. The molecule has 3 unspecified atom stereocenters. The number of nitrogens with zero attached hydrogens (tertiary/aromatic N) is 1. The van der Waals surface area contributed by atoms with Gasteiger partial charge in [0.05, 0.1) is 5.69 Å². The van der Waals surface area contributed by atoms with Gasteiger partial charge in [0.25, 0.3) is 0 Å². The van der Waals surface area contributed by atoms with Gasteiger partial charge in [-0.2, -0.15) is 0 Å². The lowest BCUT2D eigenvalue weighted by molar-refractivity contribution is -0.129. The van der Waals surface area contributed by atoms with E-state index in [0.717, 1.165) is 19.3 Å². The molecule has 2 fully saturated rings. The monoisotopic (exact) mass is 272 g/mol. The Hall–Kier alpha value is -1.84. The molecule has 1 aromatic rings. The quantitative estimate of drug-likeness (QED) is 0.842. The van der Waals surface area contributed by atoms with E-state index in [0.29, 0.717) is 23.2 Å². The SMILES string of the molecule is CC(=O)N(C(=O)C1CC2CCC1C2)c1cccc(N)c1. The van der Waals surface area contributed by atoms with Crippen LogP contribution in [0.25, 0.3) is 0 Å². The average molecular weight is 272 g/mol. The van der Waals surface area contributed by atoms with Crippen molar-refractivity contribution in [1.82, 2.24) is 0 Å². The second kappa shape index (κ2) is 4.93. The fourth-order valence-corrected chi connectivity index (χ4v) is 3.84. The minimum absolute atomic E-state index is 0.0130. The van der Waals surface area contributed by atoms with Crippen molar-refractivity contribution in [2.45, 2.75) is 32.6 Å². The molecule has 20 heavy (non-hydrogen) atoms. The molecule has 2 amide bonds. The number of nitrogens with two attached hydrogens (primary N) is 1. The molecule has 0 heterocycles. The van der Waals surface area contributed by atoms with Gasteiger partial charge in [-0.05, 0) is 49.3 Å². The van der Waals surface area contributed by atoms with Crippen LogP contribution in [-0.2, 0) is 9.59 Å². The summed E-state index contributed by atoms with van der Waals surface area (Å²) in [5, 5.41) is 0. The van der Waals surface area contributed by atoms with E-state index in [9.17, 15) is 9.59 Å². The molecular formula is C16H20N2O2. The molecule has 0 saturated heterocycles. The molecule has 2 saturated carbocycles. The third-order valence-electron chi connectivity index (χ3n) is 4.72. The zero-order valence-corrected chi connectivity index (χ0v) is 11.7. The molecule has 4 nitrogen and oxygen atoms in total. The lowest BCUT2D eigenvalue weighted by Gasteiger charge is -2.27. The number of benzene rings is 1. The zero-order chi connectivity index (χ0) is 14.3. The first-order chi connectivity index (χ1) is 9.56. The molecule has 2 aliphatic rings. The number of fused-ring (bicyclic) bond motifs is 2. The van der Waals surface area contributed by atoms with Crippen LogP contribution in [0.5, 0.6) is 0 Å². The molecule has 0 aliphatic heterocycles. The summed E-state index contributed by atoms with van der Waals surface area (Å²) in [4.78, 5) is 26.0. The Morgan fingerprint density at radius 2 is 2.05 bits per heavy atom. The third-order valence-corrected chi connectivity index (χ3v) is 4.72. The Morgan fingerprint density at radius 3 is 2.60 bits per heavy atom. The summed E-state index contributed by atoms with van der Waals surface area (Å²) >= 11 is 0. The second-order valence-electron chi connectivity index (χ2n) is 6.07. The maximum atomic E-state index is 12.8. The van der Waals surface area contributed by atoms with Crippen molar-refractivity contribution in [3.8, 4) is 0 Å². The fourth-order valence-electron chi connectivity index (χ4n) is 3.84. The van der Waals surface area contributed by atoms with Crippen LogP contribution in [0.3, 0.4) is 0 Å². The predicted octanol–water partition coefficient (Wildman–Crippen LogP) is 2.58. The standard InChI is InChI=1S/C16H20N2O2/c1-10(19)18(14-4-2-3-13(17)9-14)16(20)15-8-11-5-6-12(15)7-11/h2-4,9,11-12,15H,5-8,17H2,1H3. The Kier molecular flexibility index (Phi) is 3.24. The molecule has 106 valence electrons. The van der Waals surface area contributed by atoms with Gasteiger partial charge < -0.3 is 5.73 Å². The van der Waals surface area contributed by atoms with Crippen LogP contribution in [0.15, 0.2) is 24.3 Å². The van der Waals surface area contributed by atoms with Gasteiger partial charge in [-0.25, -0.2) is 0 Å². The Balaban J connectivity index is 1.87. The van der Waals surface area contributed by atoms with E-state index in [4.69, 9.17) is 5.73 Å². The summed E-state index contributed by atoms with van der Waals surface area (Å²) in [6.07, 6.45) is 4.46. The molecule has 2 aliphatic carbocycles. The molecule has 2 bridgehead atoms. The van der Waals surface area contributed by atoms with Gasteiger partial charge in [0.1, 0.15) is 0 Å². The third kappa shape index (κ3) is 2.19. The van der Waals surface area contributed by atoms with Crippen molar-refractivity contribution < 1.29 is 9.59 Å². The first kappa shape index (κ1) is 13.2. The van der Waals surface area contributed by atoms with Crippen molar-refractivity contribution in [2.75, 3.05) is 10.6 Å². The summed E-state index contributed by atoms with van der Waals surface area (Å²) in [7, 11) is 0. The van der Waals surface area contributed by atoms with Crippen molar-refractivity contribution >= 4 is 23.2 Å². The minimum Gasteiger partial charge on any atom is -0.399 e. The van der Waals surface area contributed by atoms with Crippen LogP contribution in [0.4, 0.5) is 11.4 Å². The van der Waals surface area contributed by atoms with Crippen LogP contribution < -0.4 is 10.6 Å². The van der Waals surface area contributed by atoms with E-state index in [1.807, 2.05) is 0 Å². The van der Waals surface area contributed by atoms with Gasteiger partial charge in [0.15, 0.2) is 0 Å². The van der Waals surface area contributed by atoms with Gasteiger partial charge in [0, 0.05) is 18.5 Å². The number of anilines is 2.